The number of hydrogen-bond acceptors (Lipinski definition) is 4. The van der Waals surface area contributed by atoms with Crippen LogP contribution >= 0.6 is 11.3 Å². The summed E-state index contributed by atoms with van der Waals surface area (Å²) in [5.74, 6) is 0.608. The van der Waals surface area contributed by atoms with E-state index in [0.29, 0.717) is 11.6 Å². The van der Waals surface area contributed by atoms with E-state index in [2.05, 4.69) is 20.3 Å². The smallest absolute Gasteiger partial charge is 0.280 e. The molecule has 0 aliphatic heterocycles. The maximum absolute atomic E-state index is 11.7. The number of H-pyrrole nitrogens is 1. The SMILES string of the molecule is Cc1csc(C(=O)NCc2nc(C)c(C)[nH]2)n1. The van der Waals surface area contributed by atoms with Gasteiger partial charge in [-0.05, 0) is 20.8 Å². The Bertz CT molecular complexity index is 524. The van der Waals surface area contributed by atoms with E-state index in [1.54, 1.807) is 0 Å². The monoisotopic (exact) mass is 250 g/mol. The van der Waals surface area contributed by atoms with Crippen molar-refractivity contribution in [3.63, 3.8) is 0 Å². The average Bonchev–Trinajstić information content (AvgIpc) is 2.83. The van der Waals surface area contributed by atoms with Gasteiger partial charge in [-0.3, -0.25) is 4.79 Å². The van der Waals surface area contributed by atoms with E-state index in [-0.39, 0.29) is 5.91 Å². The Morgan fingerprint density at radius 2 is 2.18 bits per heavy atom. The predicted octanol–water partition coefficient (Wildman–Crippen LogP) is 1.72. The van der Waals surface area contributed by atoms with E-state index in [0.717, 1.165) is 22.9 Å². The number of aryl methyl sites for hydroxylation is 3. The fourth-order valence-electron chi connectivity index (χ4n) is 1.40. The number of aromatic amines is 1. The summed E-state index contributed by atoms with van der Waals surface area (Å²) >= 11 is 1.35. The maximum atomic E-state index is 11.7. The topological polar surface area (TPSA) is 70.7 Å². The predicted molar refractivity (Wildman–Crippen MR) is 66.1 cm³/mol. The van der Waals surface area contributed by atoms with Crippen molar-refractivity contribution in [1.82, 2.24) is 20.3 Å². The second-order valence-corrected chi connectivity index (χ2v) is 4.73. The van der Waals surface area contributed by atoms with Gasteiger partial charge >= 0.3 is 0 Å². The first-order chi connectivity index (χ1) is 8.06. The summed E-state index contributed by atoms with van der Waals surface area (Å²) in [5, 5.41) is 5.13. The first-order valence-electron chi connectivity index (χ1n) is 5.28. The molecule has 0 spiro atoms. The van der Waals surface area contributed by atoms with E-state index in [4.69, 9.17) is 0 Å². The highest BCUT2D eigenvalue weighted by molar-refractivity contribution is 7.11. The number of amides is 1. The molecular formula is C11H14N4OS. The fraction of sp³-hybridized carbons (Fsp3) is 0.364. The number of hydrogen-bond donors (Lipinski definition) is 2. The molecule has 0 aromatic carbocycles. The van der Waals surface area contributed by atoms with Crippen LogP contribution in [0.2, 0.25) is 0 Å². The van der Waals surface area contributed by atoms with Crippen LogP contribution in [0.1, 0.15) is 32.7 Å². The number of nitrogens with one attached hydrogen (secondary N) is 2. The van der Waals surface area contributed by atoms with Gasteiger partial charge < -0.3 is 10.3 Å². The Balaban J connectivity index is 1.96. The minimum absolute atomic E-state index is 0.158. The highest BCUT2D eigenvalue weighted by atomic mass is 32.1. The molecule has 0 saturated carbocycles. The van der Waals surface area contributed by atoms with Gasteiger partial charge in [-0.15, -0.1) is 11.3 Å². The lowest BCUT2D eigenvalue weighted by Gasteiger charge is -1.99. The molecule has 2 aromatic rings. The second kappa shape index (κ2) is 4.67. The van der Waals surface area contributed by atoms with Crippen molar-refractivity contribution in [2.24, 2.45) is 0 Å². The Labute approximate surface area is 103 Å². The third-order valence-corrected chi connectivity index (χ3v) is 3.37. The zero-order chi connectivity index (χ0) is 12.4. The van der Waals surface area contributed by atoms with Gasteiger partial charge in [-0.1, -0.05) is 0 Å². The van der Waals surface area contributed by atoms with E-state index < -0.39 is 0 Å². The lowest BCUT2D eigenvalue weighted by Crippen LogP contribution is -2.23. The quantitative estimate of drug-likeness (QED) is 0.871. The van der Waals surface area contributed by atoms with Gasteiger partial charge in [0.1, 0.15) is 5.82 Å². The van der Waals surface area contributed by atoms with Crippen molar-refractivity contribution in [2.45, 2.75) is 27.3 Å². The lowest BCUT2D eigenvalue weighted by molar-refractivity contribution is 0.0949. The van der Waals surface area contributed by atoms with E-state index in [9.17, 15) is 4.79 Å². The van der Waals surface area contributed by atoms with Gasteiger partial charge in [0.2, 0.25) is 0 Å². The number of aromatic nitrogens is 3. The Hall–Kier alpha value is -1.69. The van der Waals surface area contributed by atoms with E-state index in [1.165, 1.54) is 11.3 Å². The number of carbonyl (C=O) groups excluding carboxylic acids is 1. The Kier molecular flexibility index (Phi) is 3.23. The molecule has 90 valence electrons. The maximum Gasteiger partial charge on any atom is 0.280 e. The van der Waals surface area contributed by atoms with Crippen molar-refractivity contribution in [3.05, 3.63) is 33.3 Å². The Morgan fingerprint density at radius 1 is 1.41 bits per heavy atom. The summed E-state index contributed by atoms with van der Waals surface area (Å²) in [6.45, 7) is 6.15. The number of imidazole rings is 1. The molecule has 0 radical (unpaired) electrons. The molecule has 2 aromatic heterocycles. The summed E-state index contributed by atoms with van der Waals surface area (Å²) in [7, 11) is 0. The van der Waals surface area contributed by atoms with Crippen LogP contribution in [0.25, 0.3) is 0 Å². The molecule has 0 fully saturated rings. The molecule has 0 atom stereocenters. The summed E-state index contributed by atoms with van der Waals surface area (Å²) in [4.78, 5) is 23.2. The molecule has 0 unspecified atom stereocenters. The van der Waals surface area contributed by atoms with Gasteiger partial charge in [0, 0.05) is 16.8 Å². The Morgan fingerprint density at radius 3 is 2.71 bits per heavy atom. The molecule has 2 N–H and O–H groups in total. The fourth-order valence-corrected chi connectivity index (χ4v) is 2.11. The van der Waals surface area contributed by atoms with Crippen LogP contribution in [-0.2, 0) is 6.54 Å². The number of carbonyl (C=O) groups is 1. The summed E-state index contributed by atoms with van der Waals surface area (Å²) < 4.78 is 0. The van der Waals surface area contributed by atoms with Crippen LogP contribution in [0, 0.1) is 20.8 Å². The van der Waals surface area contributed by atoms with E-state index in [1.807, 2.05) is 26.2 Å². The van der Waals surface area contributed by atoms with Crippen molar-refractivity contribution < 1.29 is 4.79 Å². The van der Waals surface area contributed by atoms with E-state index >= 15 is 0 Å². The molecule has 0 aliphatic rings. The molecule has 0 saturated heterocycles. The molecule has 2 rings (SSSR count). The molecule has 17 heavy (non-hydrogen) atoms. The van der Waals surface area contributed by atoms with Gasteiger partial charge in [-0.25, -0.2) is 9.97 Å². The molecule has 5 nitrogen and oxygen atoms in total. The van der Waals surface area contributed by atoms with Crippen LogP contribution in [0.4, 0.5) is 0 Å². The number of thiazole rings is 1. The standard InChI is InChI=1S/C11H14N4OS/c1-6-5-17-11(13-6)10(16)12-4-9-14-7(2)8(3)15-9/h5H,4H2,1-3H3,(H,12,16)(H,14,15). The van der Waals surface area contributed by atoms with Crippen molar-refractivity contribution in [2.75, 3.05) is 0 Å². The molecule has 0 bridgehead atoms. The largest absolute Gasteiger partial charge is 0.344 e. The van der Waals surface area contributed by atoms with Crippen LogP contribution in [0.5, 0.6) is 0 Å². The first-order valence-corrected chi connectivity index (χ1v) is 6.16. The molecule has 6 heteroatoms. The lowest BCUT2D eigenvalue weighted by atomic mass is 10.4. The minimum atomic E-state index is -0.158. The van der Waals surface area contributed by atoms with Gasteiger partial charge in [0.15, 0.2) is 5.01 Å². The zero-order valence-electron chi connectivity index (χ0n) is 10.00. The normalized spacial score (nSPS) is 10.5. The second-order valence-electron chi connectivity index (χ2n) is 3.87. The highest BCUT2D eigenvalue weighted by Gasteiger charge is 2.10. The number of nitrogens with zero attached hydrogens (tertiary/aromatic N) is 2. The van der Waals surface area contributed by atoms with Gasteiger partial charge in [-0.2, -0.15) is 0 Å². The van der Waals surface area contributed by atoms with Gasteiger partial charge in [0.05, 0.1) is 12.2 Å². The van der Waals surface area contributed by atoms with Crippen LogP contribution in [-0.4, -0.2) is 20.9 Å². The van der Waals surface area contributed by atoms with Crippen LogP contribution < -0.4 is 5.32 Å². The highest BCUT2D eigenvalue weighted by Crippen LogP contribution is 2.08. The summed E-state index contributed by atoms with van der Waals surface area (Å²) in [6, 6.07) is 0. The first kappa shape index (κ1) is 11.8. The van der Waals surface area contributed by atoms with Crippen molar-refractivity contribution >= 4 is 17.2 Å². The molecule has 2 heterocycles. The van der Waals surface area contributed by atoms with Crippen LogP contribution in [0.3, 0.4) is 0 Å². The third-order valence-electron chi connectivity index (χ3n) is 2.41. The van der Waals surface area contributed by atoms with Crippen molar-refractivity contribution in [1.29, 1.82) is 0 Å². The minimum Gasteiger partial charge on any atom is -0.344 e. The van der Waals surface area contributed by atoms with Crippen LogP contribution in [0.15, 0.2) is 5.38 Å². The summed E-state index contributed by atoms with van der Waals surface area (Å²) in [6.07, 6.45) is 0. The average molecular weight is 250 g/mol. The molecular weight excluding hydrogens is 236 g/mol. The van der Waals surface area contributed by atoms with Crippen molar-refractivity contribution in [3.8, 4) is 0 Å². The molecule has 1 amide bonds. The summed E-state index contributed by atoms with van der Waals surface area (Å²) in [5.41, 5.74) is 2.85. The van der Waals surface area contributed by atoms with Gasteiger partial charge in [0.25, 0.3) is 5.91 Å². The molecule has 0 aliphatic carbocycles. The zero-order valence-corrected chi connectivity index (χ0v) is 10.8. The third kappa shape index (κ3) is 2.71. The number of rotatable bonds is 3.